The van der Waals surface area contributed by atoms with Crippen molar-refractivity contribution >= 4 is 10.9 Å². The maximum Gasteiger partial charge on any atom is 0.258 e. The lowest BCUT2D eigenvalue weighted by atomic mass is 10.0. The second-order valence-electron chi connectivity index (χ2n) is 6.49. The van der Waals surface area contributed by atoms with E-state index in [1.54, 1.807) is 7.11 Å². The second kappa shape index (κ2) is 6.91. The summed E-state index contributed by atoms with van der Waals surface area (Å²) in [5.74, 6) is 1.31. The standard InChI is InChI=1S/C21H23NO2/c1-15(2)11-12-22-20-14-18(24-3)10-9-17(20)13-19(21(22)23)16-7-5-4-6-8-16/h4-10,13-15H,11-12H2,1-3H3. The molecule has 1 heterocycles. The Morgan fingerprint density at radius 2 is 1.79 bits per heavy atom. The summed E-state index contributed by atoms with van der Waals surface area (Å²) in [6.07, 6.45) is 0.963. The predicted octanol–water partition coefficient (Wildman–Crippen LogP) is 4.72. The number of nitrogens with zero attached hydrogens (tertiary/aromatic N) is 1. The van der Waals surface area contributed by atoms with Gasteiger partial charge in [0.15, 0.2) is 0 Å². The molecule has 124 valence electrons. The number of benzene rings is 2. The molecule has 3 heteroatoms. The Bertz CT molecular complexity index is 895. The molecule has 0 unspecified atom stereocenters. The summed E-state index contributed by atoms with van der Waals surface area (Å²) in [4.78, 5) is 13.1. The molecule has 0 saturated heterocycles. The lowest BCUT2D eigenvalue weighted by Crippen LogP contribution is -2.23. The molecule has 3 rings (SSSR count). The average Bonchev–Trinajstić information content (AvgIpc) is 2.60. The third-order valence-electron chi connectivity index (χ3n) is 4.32. The minimum absolute atomic E-state index is 0.0580. The number of methoxy groups -OCH3 is 1. The SMILES string of the molecule is COc1ccc2cc(-c3ccccc3)c(=O)n(CCC(C)C)c2c1. The third-order valence-corrected chi connectivity index (χ3v) is 4.32. The summed E-state index contributed by atoms with van der Waals surface area (Å²) in [5, 5.41) is 1.05. The second-order valence-corrected chi connectivity index (χ2v) is 6.49. The summed E-state index contributed by atoms with van der Waals surface area (Å²) < 4.78 is 7.23. The topological polar surface area (TPSA) is 31.2 Å². The summed E-state index contributed by atoms with van der Waals surface area (Å²) in [6.45, 7) is 5.06. The van der Waals surface area contributed by atoms with E-state index in [1.165, 1.54) is 0 Å². The van der Waals surface area contributed by atoms with E-state index in [2.05, 4.69) is 13.8 Å². The summed E-state index contributed by atoms with van der Waals surface area (Å²) in [6, 6.07) is 17.8. The van der Waals surface area contributed by atoms with Crippen molar-refractivity contribution in [3.63, 3.8) is 0 Å². The van der Waals surface area contributed by atoms with Gasteiger partial charge in [0.05, 0.1) is 12.6 Å². The first-order valence-electron chi connectivity index (χ1n) is 8.37. The van der Waals surface area contributed by atoms with Gasteiger partial charge < -0.3 is 9.30 Å². The fourth-order valence-electron chi connectivity index (χ4n) is 2.91. The zero-order valence-corrected chi connectivity index (χ0v) is 14.5. The molecule has 0 radical (unpaired) electrons. The largest absolute Gasteiger partial charge is 0.497 e. The molecular formula is C21H23NO2. The molecule has 0 atom stereocenters. The Kier molecular flexibility index (Phi) is 4.70. The van der Waals surface area contributed by atoms with Crippen molar-refractivity contribution in [3.05, 3.63) is 65.0 Å². The van der Waals surface area contributed by atoms with Gasteiger partial charge in [-0.1, -0.05) is 44.2 Å². The third kappa shape index (κ3) is 3.21. The molecule has 3 aromatic rings. The zero-order chi connectivity index (χ0) is 17.1. The number of fused-ring (bicyclic) bond motifs is 1. The van der Waals surface area contributed by atoms with E-state index >= 15 is 0 Å². The van der Waals surface area contributed by atoms with Crippen molar-refractivity contribution in [1.29, 1.82) is 0 Å². The molecule has 0 spiro atoms. The van der Waals surface area contributed by atoms with E-state index in [9.17, 15) is 4.79 Å². The Labute approximate surface area is 142 Å². The number of aromatic nitrogens is 1. The molecule has 0 N–H and O–H groups in total. The molecule has 0 fully saturated rings. The van der Waals surface area contributed by atoms with Crippen LogP contribution in [0.4, 0.5) is 0 Å². The lowest BCUT2D eigenvalue weighted by Gasteiger charge is -2.15. The molecular weight excluding hydrogens is 298 g/mol. The molecule has 0 aliphatic carbocycles. The first kappa shape index (κ1) is 16.3. The van der Waals surface area contributed by atoms with E-state index in [0.717, 1.165) is 34.2 Å². The summed E-state index contributed by atoms with van der Waals surface area (Å²) >= 11 is 0. The minimum atomic E-state index is 0.0580. The van der Waals surface area contributed by atoms with Crippen molar-refractivity contribution in [1.82, 2.24) is 4.57 Å². The van der Waals surface area contributed by atoms with E-state index in [0.29, 0.717) is 12.5 Å². The molecule has 0 aliphatic heterocycles. The smallest absolute Gasteiger partial charge is 0.258 e. The molecule has 3 nitrogen and oxygen atoms in total. The van der Waals surface area contributed by atoms with Crippen LogP contribution < -0.4 is 10.3 Å². The van der Waals surface area contributed by atoms with E-state index in [1.807, 2.05) is 59.2 Å². The molecule has 1 aromatic heterocycles. The van der Waals surface area contributed by atoms with Gasteiger partial charge in [-0.15, -0.1) is 0 Å². The molecule has 0 amide bonds. The zero-order valence-electron chi connectivity index (χ0n) is 14.5. The normalized spacial score (nSPS) is 11.2. The number of rotatable bonds is 5. The van der Waals surface area contributed by atoms with Crippen LogP contribution in [0.1, 0.15) is 20.3 Å². The van der Waals surface area contributed by atoms with Crippen molar-refractivity contribution in [3.8, 4) is 16.9 Å². The van der Waals surface area contributed by atoms with Crippen molar-refractivity contribution in [2.45, 2.75) is 26.8 Å². The van der Waals surface area contributed by atoms with Crippen LogP contribution in [-0.4, -0.2) is 11.7 Å². The molecule has 0 saturated carbocycles. The quantitative estimate of drug-likeness (QED) is 0.680. The summed E-state index contributed by atoms with van der Waals surface area (Å²) in [7, 11) is 1.65. The molecule has 24 heavy (non-hydrogen) atoms. The predicted molar refractivity (Wildman–Crippen MR) is 99.7 cm³/mol. The number of ether oxygens (including phenoxy) is 1. The molecule has 2 aromatic carbocycles. The van der Waals surface area contributed by atoms with Gasteiger partial charge >= 0.3 is 0 Å². The highest BCUT2D eigenvalue weighted by Crippen LogP contribution is 2.25. The maximum atomic E-state index is 13.1. The van der Waals surface area contributed by atoms with Crippen LogP contribution in [0.2, 0.25) is 0 Å². The van der Waals surface area contributed by atoms with Gasteiger partial charge in [-0.25, -0.2) is 0 Å². The summed E-state index contributed by atoms with van der Waals surface area (Å²) in [5.41, 5.74) is 2.69. The number of pyridine rings is 1. The Morgan fingerprint density at radius 3 is 2.46 bits per heavy atom. The van der Waals surface area contributed by atoms with Gasteiger partial charge in [-0.2, -0.15) is 0 Å². The van der Waals surface area contributed by atoms with E-state index in [-0.39, 0.29) is 5.56 Å². The number of hydrogen-bond acceptors (Lipinski definition) is 2. The van der Waals surface area contributed by atoms with Crippen LogP contribution in [-0.2, 0) is 6.54 Å². The fourth-order valence-corrected chi connectivity index (χ4v) is 2.91. The first-order valence-corrected chi connectivity index (χ1v) is 8.37. The van der Waals surface area contributed by atoms with Gasteiger partial charge in [0.2, 0.25) is 0 Å². The monoisotopic (exact) mass is 321 g/mol. The van der Waals surface area contributed by atoms with Gasteiger partial charge in [0.1, 0.15) is 5.75 Å². The van der Waals surface area contributed by atoms with Gasteiger partial charge in [0, 0.05) is 18.2 Å². The fraction of sp³-hybridized carbons (Fsp3) is 0.286. The van der Waals surface area contributed by atoms with Crippen molar-refractivity contribution in [2.75, 3.05) is 7.11 Å². The van der Waals surface area contributed by atoms with Crippen LogP contribution in [0, 0.1) is 5.92 Å². The number of hydrogen-bond donors (Lipinski definition) is 0. The highest BCUT2D eigenvalue weighted by molar-refractivity contribution is 5.85. The van der Waals surface area contributed by atoms with Crippen LogP contribution in [0.5, 0.6) is 5.75 Å². The molecule has 0 bridgehead atoms. The van der Waals surface area contributed by atoms with Crippen molar-refractivity contribution < 1.29 is 4.74 Å². The van der Waals surface area contributed by atoms with Crippen molar-refractivity contribution in [2.24, 2.45) is 5.92 Å². The highest BCUT2D eigenvalue weighted by atomic mass is 16.5. The van der Waals surface area contributed by atoms with E-state index in [4.69, 9.17) is 4.74 Å². The number of aryl methyl sites for hydroxylation is 1. The van der Waals surface area contributed by atoms with Gasteiger partial charge in [-0.3, -0.25) is 4.79 Å². The molecule has 0 aliphatic rings. The highest BCUT2D eigenvalue weighted by Gasteiger charge is 2.12. The average molecular weight is 321 g/mol. The van der Waals surface area contributed by atoms with Gasteiger partial charge in [0.25, 0.3) is 5.56 Å². The van der Waals surface area contributed by atoms with Crippen LogP contribution >= 0.6 is 0 Å². The Hall–Kier alpha value is -2.55. The van der Waals surface area contributed by atoms with Crippen LogP contribution in [0.15, 0.2) is 59.4 Å². The van der Waals surface area contributed by atoms with Crippen LogP contribution in [0.25, 0.3) is 22.0 Å². The first-order chi connectivity index (χ1) is 11.6. The lowest BCUT2D eigenvalue weighted by molar-refractivity contribution is 0.415. The Morgan fingerprint density at radius 1 is 1.04 bits per heavy atom. The maximum absolute atomic E-state index is 13.1. The van der Waals surface area contributed by atoms with Crippen LogP contribution in [0.3, 0.4) is 0 Å². The van der Waals surface area contributed by atoms with E-state index < -0.39 is 0 Å². The van der Waals surface area contributed by atoms with Gasteiger partial charge in [-0.05, 0) is 41.5 Å². The minimum Gasteiger partial charge on any atom is -0.497 e. The Balaban J connectivity index is 2.24.